The number of aryl methyl sites for hydroxylation is 2. The molecule has 0 aliphatic rings. The van der Waals surface area contributed by atoms with Crippen molar-refractivity contribution in [2.45, 2.75) is 13.8 Å². The SMILES string of the molecule is Cc1ccc2c(N(C)C)cc(N(C)C)nc2c1C. The Morgan fingerprint density at radius 1 is 0.944 bits per heavy atom. The Bertz CT molecular complexity index is 586. The average Bonchev–Trinajstić information content (AvgIpc) is 2.32. The molecule has 0 bridgehead atoms. The number of nitrogens with zero attached hydrogens (tertiary/aromatic N) is 3. The van der Waals surface area contributed by atoms with Gasteiger partial charge in [0.05, 0.1) is 5.52 Å². The number of anilines is 2. The molecule has 1 aromatic carbocycles. The molecule has 0 radical (unpaired) electrons. The zero-order valence-corrected chi connectivity index (χ0v) is 12.1. The smallest absolute Gasteiger partial charge is 0.130 e. The maximum atomic E-state index is 4.78. The van der Waals surface area contributed by atoms with E-state index in [-0.39, 0.29) is 0 Å². The highest BCUT2D eigenvalue weighted by atomic mass is 15.1. The van der Waals surface area contributed by atoms with Crippen LogP contribution in [0.3, 0.4) is 0 Å². The van der Waals surface area contributed by atoms with Gasteiger partial charge >= 0.3 is 0 Å². The van der Waals surface area contributed by atoms with Crippen molar-refractivity contribution >= 4 is 22.4 Å². The van der Waals surface area contributed by atoms with Gasteiger partial charge in [0.15, 0.2) is 0 Å². The van der Waals surface area contributed by atoms with Gasteiger partial charge in [0, 0.05) is 45.3 Å². The van der Waals surface area contributed by atoms with Crippen LogP contribution >= 0.6 is 0 Å². The Hall–Kier alpha value is -1.77. The molecule has 0 aliphatic heterocycles. The Labute approximate surface area is 109 Å². The highest BCUT2D eigenvalue weighted by Crippen LogP contribution is 2.31. The van der Waals surface area contributed by atoms with E-state index in [1.54, 1.807) is 0 Å². The molecule has 0 fully saturated rings. The fraction of sp³-hybridized carbons (Fsp3) is 0.400. The van der Waals surface area contributed by atoms with Crippen molar-refractivity contribution in [3.05, 3.63) is 29.3 Å². The highest BCUT2D eigenvalue weighted by Gasteiger charge is 2.11. The zero-order chi connectivity index (χ0) is 13.4. The van der Waals surface area contributed by atoms with E-state index in [0.717, 1.165) is 11.3 Å². The van der Waals surface area contributed by atoms with E-state index in [2.05, 4.69) is 51.0 Å². The third-order valence-electron chi connectivity index (χ3n) is 3.41. The number of hydrogen-bond donors (Lipinski definition) is 0. The summed E-state index contributed by atoms with van der Waals surface area (Å²) >= 11 is 0. The van der Waals surface area contributed by atoms with Crippen LogP contribution in [0, 0.1) is 13.8 Å². The first-order chi connectivity index (χ1) is 8.41. The van der Waals surface area contributed by atoms with E-state index in [9.17, 15) is 0 Å². The van der Waals surface area contributed by atoms with Crippen molar-refractivity contribution in [2.75, 3.05) is 38.0 Å². The molecule has 0 atom stereocenters. The second kappa shape index (κ2) is 4.48. The van der Waals surface area contributed by atoms with Crippen molar-refractivity contribution in [1.29, 1.82) is 0 Å². The highest BCUT2D eigenvalue weighted by molar-refractivity contribution is 5.95. The van der Waals surface area contributed by atoms with Gasteiger partial charge in [-0.3, -0.25) is 0 Å². The summed E-state index contributed by atoms with van der Waals surface area (Å²) in [5.41, 5.74) is 4.87. The molecule has 0 unspecified atom stereocenters. The molecule has 96 valence electrons. The molecular formula is C15H21N3. The molecule has 0 saturated heterocycles. The maximum absolute atomic E-state index is 4.78. The number of rotatable bonds is 2. The minimum Gasteiger partial charge on any atom is -0.377 e. The van der Waals surface area contributed by atoms with Gasteiger partial charge in [0.25, 0.3) is 0 Å². The van der Waals surface area contributed by atoms with Crippen LogP contribution in [0.1, 0.15) is 11.1 Å². The predicted molar refractivity (Wildman–Crippen MR) is 79.9 cm³/mol. The van der Waals surface area contributed by atoms with Gasteiger partial charge in [-0.2, -0.15) is 0 Å². The van der Waals surface area contributed by atoms with Gasteiger partial charge in [-0.25, -0.2) is 4.98 Å². The Morgan fingerprint density at radius 3 is 2.17 bits per heavy atom. The molecule has 3 nitrogen and oxygen atoms in total. The first-order valence-electron chi connectivity index (χ1n) is 6.17. The molecule has 18 heavy (non-hydrogen) atoms. The molecule has 3 heteroatoms. The van der Waals surface area contributed by atoms with Gasteiger partial charge in [-0.05, 0) is 25.0 Å². The van der Waals surface area contributed by atoms with Crippen LogP contribution in [-0.2, 0) is 0 Å². The first kappa shape index (κ1) is 12.7. The zero-order valence-electron chi connectivity index (χ0n) is 12.1. The van der Waals surface area contributed by atoms with Crippen LogP contribution in [0.25, 0.3) is 10.9 Å². The van der Waals surface area contributed by atoms with E-state index in [4.69, 9.17) is 4.98 Å². The lowest BCUT2D eigenvalue weighted by Gasteiger charge is -2.20. The molecule has 1 heterocycles. The lowest BCUT2D eigenvalue weighted by Crippen LogP contribution is -2.14. The third kappa shape index (κ3) is 2.01. The van der Waals surface area contributed by atoms with Crippen molar-refractivity contribution in [1.82, 2.24) is 4.98 Å². The third-order valence-corrected chi connectivity index (χ3v) is 3.41. The minimum absolute atomic E-state index is 1.000. The number of fused-ring (bicyclic) bond motifs is 1. The van der Waals surface area contributed by atoms with Crippen LogP contribution in [-0.4, -0.2) is 33.2 Å². The van der Waals surface area contributed by atoms with Crippen molar-refractivity contribution in [2.24, 2.45) is 0 Å². The van der Waals surface area contributed by atoms with Crippen molar-refractivity contribution in [3.63, 3.8) is 0 Å². The van der Waals surface area contributed by atoms with Crippen LogP contribution < -0.4 is 9.80 Å². The summed E-state index contributed by atoms with van der Waals surface area (Å²) in [6.45, 7) is 4.28. The second-order valence-corrected chi connectivity index (χ2v) is 5.19. The number of aromatic nitrogens is 1. The molecule has 0 spiro atoms. The molecule has 2 aromatic rings. The summed E-state index contributed by atoms with van der Waals surface area (Å²) < 4.78 is 0. The fourth-order valence-corrected chi connectivity index (χ4v) is 2.10. The van der Waals surface area contributed by atoms with Crippen LogP contribution in [0.4, 0.5) is 11.5 Å². The number of benzene rings is 1. The number of pyridine rings is 1. The topological polar surface area (TPSA) is 19.4 Å². The van der Waals surface area contributed by atoms with Crippen molar-refractivity contribution in [3.8, 4) is 0 Å². The largest absolute Gasteiger partial charge is 0.377 e. The summed E-state index contributed by atoms with van der Waals surface area (Å²) in [4.78, 5) is 8.97. The van der Waals surface area contributed by atoms with Crippen LogP contribution in [0.5, 0.6) is 0 Å². The minimum atomic E-state index is 1.000. The fourth-order valence-electron chi connectivity index (χ4n) is 2.10. The van der Waals surface area contributed by atoms with Gasteiger partial charge < -0.3 is 9.80 Å². The van der Waals surface area contributed by atoms with E-state index in [1.165, 1.54) is 22.2 Å². The normalized spacial score (nSPS) is 10.8. The predicted octanol–water partition coefficient (Wildman–Crippen LogP) is 2.98. The standard InChI is InChI=1S/C15H21N3/c1-10-7-8-12-13(17(3)4)9-14(18(5)6)16-15(12)11(10)2/h7-9H,1-6H3. The van der Waals surface area contributed by atoms with Gasteiger partial charge in [-0.15, -0.1) is 0 Å². The number of hydrogen-bond acceptors (Lipinski definition) is 3. The lowest BCUT2D eigenvalue weighted by atomic mass is 10.0. The lowest BCUT2D eigenvalue weighted by molar-refractivity contribution is 1.07. The summed E-state index contributed by atoms with van der Waals surface area (Å²) in [5.74, 6) is 1.000. The van der Waals surface area contributed by atoms with Gasteiger partial charge in [-0.1, -0.05) is 12.1 Å². The van der Waals surface area contributed by atoms with E-state index in [1.807, 2.05) is 19.0 Å². The molecule has 0 N–H and O–H groups in total. The summed E-state index contributed by atoms with van der Waals surface area (Å²) in [5, 5.41) is 1.22. The Kier molecular flexibility index (Phi) is 3.16. The Balaban J connectivity index is 2.85. The first-order valence-corrected chi connectivity index (χ1v) is 6.17. The molecule has 0 aliphatic carbocycles. The van der Waals surface area contributed by atoms with Crippen molar-refractivity contribution < 1.29 is 0 Å². The average molecular weight is 243 g/mol. The summed E-state index contributed by atoms with van der Waals surface area (Å²) in [7, 11) is 8.20. The molecule has 1 aromatic heterocycles. The molecular weight excluding hydrogens is 222 g/mol. The quantitative estimate of drug-likeness (QED) is 0.808. The maximum Gasteiger partial charge on any atom is 0.130 e. The Morgan fingerprint density at radius 2 is 1.61 bits per heavy atom. The van der Waals surface area contributed by atoms with Gasteiger partial charge in [0.1, 0.15) is 5.82 Å². The summed E-state index contributed by atoms with van der Waals surface area (Å²) in [6, 6.07) is 6.47. The second-order valence-electron chi connectivity index (χ2n) is 5.19. The monoisotopic (exact) mass is 243 g/mol. The van der Waals surface area contributed by atoms with E-state index >= 15 is 0 Å². The summed E-state index contributed by atoms with van der Waals surface area (Å²) in [6.07, 6.45) is 0. The van der Waals surface area contributed by atoms with Crippen LogP contribution in [0.15, 0.2) is 18.2 Å². The molecule has 2 rings (SSSR count). The molecule has 0 amide bonds. The van der Waals surface area contributed by atoms with E-state index in [0.29, 0.717) is 0 Å². The van der Waals surface area contributed by atoms with Crippen LogP contribution in [0.2, 0.25) is 0 Å². The van der Waals surface area contributed by atoms with E-state index < -0.39 is 0 Å². The van der Waals surface area contributed by atoms with Gasteiger partial charge in [0.2, 0.25) is 0 Å². The molecule has 0 saturated carbocycles.